The largest absolute Gasteiger partial charge is 0.373 e. The molecule has 1 N–H and O–H groups in total. The minimum absolute atomic E-state index is 0.132. The highest BCUT2D eigenvalue weighted by Gasteiger charge is 2.48. The van der Waals surface area contributed by atoms with E-state index in [1.54, 1.807) is 0 Å². The lowest BCUT2D eigenvalue weighted by molar-refractivity contribution is 0.165. The number of benzene rings is 1. The summed E-state index contributed by atoms with van der Waals surface area (Å²) in [5, 5.41) is 11.2. The molecule has 2 heterocycles. The number of hydrogen-bond donors (Lipinski definition) is 1. The van der Waals surface area contributed by atoms with Crippen LogP contribution in [0.3, 0.4) is 0 Å². The molecule has 0 fully saturated rings. The number of rotatable bonds is 1. The normalized spacial score (nSPS) is 26.6. The summed E-state index contributed by atoms with van der Waals surface area (Å²) in [6.45, 7) is 10.1. The number of allylic oxidation sites excluding steroid dienone is 1. The number of aliphatic hydroxyl groups is 1. The van der Waals surface area contributed by atoms with Crippen LogP contribution in [0.25, 0.3) is 0 Å². The molecule has 3 heteroatoms. The van der Waals surface area contributed by atoms with Crippen molar-refractivity contribution >= 4 is 11.5 Å². The molecule has 1 unspecified atom stereocenters. The summed E-state index contributed by atoms with van der Waals surface area (Å²) >= 11 is 0. The van der Waals surface area contributed by atoms with Crippen molar-refractivity contribution in [3.05, 3.63) is 41.5 Å². The van der Waals surface area contributed by atoms with E-state index in [9.17, 15) is 5.11 Å². The first-order valence-corrected chi connectivity index (χ1v) is 7.14. The summed E-state index contributed by atoms with van der Waals surface area (Å²) < 4.78 is 0. The first-order valence-electron chi connectivity index (χ1n) is 7.14. The lowest BCUT2D eigenvalue weighted by Gasteiger charge is -2.37. The number of hydrogen-bond acceptors (Lipinski definition) is 3. The monoisotopic (exact) mass is 270 g/mol. The van der Waals surface area contributed by atoms with Gasteiger partial charge < -0.3 is 10.0 Å². The average molecular weight is 270 g/mol. The quantitative estimate of drug-likeness (QED) is 0.796. The number of anilines is 1. The van der Waals surface area contributed by atoms with Gasteiger partial charge in [-0.15, -0.1) is 0 Å². The Morgan fingerprint density at radius 1 is 1.30 bits per heavy atom. The minimum atomic E-state index is -1.08. The van der Waals surface area contributed by atoms with Crippen LogP contribution in [0.5, 0.6) is 0 Å². The van der Waals surface area contributed by atoms with Gasteiger partial charge in [-0.05, 0) is 26.0 Å². The van der Waals surface area contributed by atoms with E-state index < -0.39 is 5.60 Å². The van der Waals surface area contributed by atoms with Crippen molar-refractivity contribution in [2.75, 3.05) is 18.0 Å². The van der Waals surface area contributed by atoms with Crippen molar-refractivity contribution in [3.8, 4) is 0 Å². The number of nitrogens with zero attached hydrogens (tertiary/aromatic N) is 2. The molecule has 0 radical (unpaired) electrons. The highest BCUT2D eigenvalue weighted by molar-refractivity contribution is 6.12. The standard InChI is InChI=1S/C17H22N2O/c1-12(2)9-17(20)13-7-5-6-8-14(13)19-11-16(3,4)10-18-15(17)19/h5-9,20H,10-11H2,1-4H3. The third kappa shape index (κ3) is 1.88. The zero-order chi connectivity index (χ0) is 14.5. The Bertz CT molecular complexity index is 611. The van der Waals surface area contributed by atoms with Gasteiger partial charge >= 0.3 is 0 Å². The van der Waals surface area contributed by atoms with Crippen molar-refractivity contribution < 1.29 is 5.11 Å². The summed E-state index contributed by atoms with van der Waals surface area (Å²) in [6.07, 6.45) is 1.92. The molecule has 2 aliphatic heterocycles. The van der Waals surface area contributed by atoms with Gasteiger partial charge in [-0.2, -0.15) is 0 Å². The molecule has 0 saturated heterocycles. The van der Waals surface area contributed by atoms with Crippen molar-refractivity contribution in [3.63, 3.8) is 0 Å². The van der Waals surface area contributed by atoms with Crippen molar-refractivity contribution in [1.29, 1.82) is 0 Å². The van der Waals surface area contributed by atoms with Crippen LogP contribution < -0.4 is 4.90 Å². The zero-order valence-electron chi connectivity index (χ0n) is 12.6. The number of para-hydroxylation sites is 1. The molecule has 106 valence electrons. The van der Waals surface area contributed by atoms with Crippen molar-refractivity contribution in [1.82, 2.24) is 0 Å². The number of amidine groups is 1. The highest BCUT2D eigenvalue weighted by atomic mass is 16.3. The van der Waals surface area contributed by atoms with Crippen LogP contribution in [0.15, 0.2) is 40.9 Å². The Labute approximate surface area is 120 Å². The van der Waals surface area contributed by atoms with Gasteiger partial charge in [0.1, 0.15) is 5.84 Å². The molecule has 0 spiro atoms. The number of fused-ring (bicyclic) bond motifs is 3. The molecule has 0 amide bonds. The van der Waals surface area contributed by atoms with E-state index in [-0.39, 0.29) is 5.41 Å². The second-order valence-electron chi connectivity index (χ2n) is 6.90. The van der Waals surface area contributed by atoms with E-state index in [0.29, 0.717) is 0 Å². The molecule has 0 aliphatic carbocycles. The molecular formula is C17H22N2O. The fourth-order valence-corrected chi connectivity index (χ4v) is 3.16. The molecule has 2 aliphatic rings. The summed E-state index contributed by atoms with van der Waals surface area (Å²) in [6, 6.07) is 8.07. The SMILES string of the molecule is CC(C)=CC1(O)C2=NCC(C)(C)CN2c2ccccc21. The van der Waals surface area contributed by atoms with Gasteiger partial charge in [-0.25, -0.2) is 0 Å². The second kappa shape index (κ2) is 4.19. The lowest BCUT2D eigenvalue weighted by Crippen LogP contribution is -2.48. The van der Waals surface area contributed by atoms with Gasteiger partial charge in [0, 0.05) is 29.8 Å². The third-order valence-electron chi connectivity index (χ3n) is 3.94. The first kappa shape index (κ1) is 13.4. The first-order chi connectivity index (χ1) is 9.33. The number of aliphatic imine (C=N–C) groups is 1. The van der Waals surface area contributed by atoms with E-state index in [1.807, 2.05) is 38.1 Å². The molecule has 0 saturated carbocycles. The maximum absolute atomic E-state index is 11.2. The molecule has 0 aromatic heterocycles. The van der Waals surface area contributed by atoms with Gasteiger partial charge in [0.05, 0.1) is 0 Å². The Morgan fingerprint density at radius 2 is 2.00 bits per heavy atom. The van der Waals surface area contributed by atoms with Gasteiger partial charge in [0.25, 0.3) is 0 Å². The predicted octanol–water partition coefficient (Wildman–Crippen LogP) is 3.10. The Morgan fingerprint density at radius 3 is 2.70 bits per heavy atom. The molecule has 0 bridgehead atoms. The Balaban J connectivity index is 2.22. The third-order valence-corrected chi connectivity index (χ3v) is 3.94. The molecule has 1 aromatic rings. The van der Waals surface area contributed by atoms with Crippen LogP contribution in [0, 0.1) is 5.41 Å². The van der Waals surface area contributed by atoms with E-state index in [0.717, 1.165) is 35.7 Å². The summed E-state index contributed by atoms with van der Waals surface area (Å²) in [5.41, 5.74) is 2.17. The lowest BCUT2D eigenvalue weighted by atomic mass is 9.89. The van der Waals surface area contributed by atoms with Crippen molar-refractivity contribution in [2.24, 2.45) is 10.4 Å². The van der Waals surface area contributed by atoms with Gasteiger partial charge in [0.15, 0.2) is 5.60 Å². The molecule has 1 aromatic carbocycles. The second-order valence-corrected chi connectivity index (χ2v) is 6.90. The predicted molar refractivity (Wildman–Crippen MR) is 83.2 cm³/mol. The molecular weight excluding hydrogens is 248 g/mol. The maximum atomic E-state index is 11.2. The van der Waals surface area contributed by atoms with E-state index >= 15 is 0 Å². The van der Waals surface area contributed by atoms with Crippen LogP contribution in [0.2, 0.25) is 0 Å². The van der Waals surface area contributed by atoms with E-state index in [4.69, 9.17) is 4.99 Å². The van der Waals surface area contributed by atoms with Gasteiger partial charge in [0.2, 0.25) is 0 Å². The average Bonchev–Trinajstić information content (AvgIpc) is 2.58. The fourth-order valence-electron chi connectivity index (χ4n) is 3.16. The van der Waals surface area contributed by atoms with Crippen LogP contribution in [-0.4, -0.2) is 24.0 Å². The fraction of sp³-hybridized carbons (Fsp3) is 0.471. The minimum Gasteiger partial charge on any atom is -0.373 e. The van der Waals surface area contributed by atoms with E-state index in [2.05, 4.69) is 24.8 Å². The summed E-state index contributed by atoms with van der Waals surface area (Å²) in [7, 11) is 0. The van der Waals surface area contributed by atoms with Crippen LogP contribution >= 0.6 is 0 Å². The maximum Gasteiger partial charge on any atom is 0.168 e. The zero-order valence-corrected chi connectivity index (χ0v) is 12.6. The summed E-state index contributed by atoms with van der Waals surface area (Å²) in [5.74, 6) is 0.777. The van der Waals surface area contributed by atoms with Crippen LogP contribution in [0.1, 0.15) is 33.3 Å². The highest BCUT2D eigenvalue weighted by Crippen LogP contribution is 2.45. The molecule has 1 atom stereocenters. The topological polar surface area (TPSA) is 35.8 Å². The van der Waals surface area contributed by atoms with Crippen molar-refractivity contribution in [2.45, 2.75) is 33.3 Å². The summed E-state index contributed by atoms with van der Waals surface area (Å²) in [4.78, 5) is 6.89. The van der Waals surface area contributed by atoms with Gasteiger partial charge in [-0.3, -0.25) is 4.99 Å². The van der Waals surface area contributed by atoms with Crippen LogP contribution in [-0.2, 0) is 5.60 Å². The molecule has 3 nitrogen and oxygen atoms in total. The smallest absolute Gasteiger partial charge is 0.168 e. The molecule has 3 rings (SSSR count). The Kier molecular flexibility index (Phi) is 2.80. The van der Waals surface area contributed by atoms with Gasteiger partial charge in [-0.1, -0.05) is 37.6 Å². The Hall–Kier alpha value is -1.61. The van der Waals surface area contributed by atoms with Crippen LogP contribution in [0.4, 0.5) is 5.69 Å². The molecule has 20 heavy (non-hydrogen) atoms. The van der Waals surface area contributed by atoms with E-state index in [1.165, 1.54) is 0 Å².